The van der Waals surface area contributed by atoms with Gasteiger partial charge in [-0.2, -0.15) is 0 Å². The topological polar surface area (TPSA) is 20.1 Å². The Morgan fingerprint density at radius 3 is 2.71 bits per heavy atom. The van der Waals surface area contributed by atoms with Crippen molar-refractivity contribution in [2.75, 3.05) is 6.54 Å². The summed E-state index contributed by atoms with van der Waals surface area (Å²) in [4.78, 5) is 12.5. The van der Waals surface area contributed by atoms with Crippen LogP contribution in [0.1, 0.15) is 12.8 Å². The molecule has 1 atom stereocenters. The van der Waals surface area contributed by atoms with Gasteiger partial charge in [0, 0.05) is 19.0 Å². The third-order valence-electron chi connectivity index (χ3n) is 1.73. The van der Waals surface area contributed by atoms with E-state index < -0.39 is 0 Å². The van der Waals surface area contributed by atoms with Gasteiger partial charge >= 0.3 is 0 Å². The predicted molar refractivity (Wildman–Crippen MR) is 24.7 cm³/mol. The summed E-state index contributed by atoms with van der Waals surface area (Å²) in [6.45, 7) is 1.05. The lowest BCUT2D eigenvalue weighted by Gasteiger charge is -1.86. The van der Waals surface area contributed by atoms with Gasteiger partial charge in [0.25, 0.3) is 0 Å². The fraction of sp³-hybridized carbons (Fsp3) is 0.800. The van der Waals surface area contributed by atoms with E-state index in [9.17, 15) is 4.79 Å². The number of hydrogen-bond donors (Lipinski definition) is 0. The molecule has 0 spiro atoms. The second kappa shape index (κ2) is 0.831. The van der Waals surface area contributed by atoms with Crippen LogP contribution in [-0.4, -0.2) is 23.4 Å². The zero-order chi connectivity index (χ0) is 4.85. The summed E-state index contributed by atoms with van der Waals surface area (Å²) in [6, 6.07) is 0.674. The van der Waals surface area contributed by atoms with Gasteiger partial charge < -0.3 is 4.90 Å². The second-order valence-electron chi connectivity index (χ2n) is 2.24. The van der Waals surface area contributed by atoms with Gasteiger partial charge in [0.05, 0.1) is 0 Å². The molecule has 0 saturated carbocycles. The molecule has 2 saturated heterocycles. The molecule has 0 radical (unpaired) electrons. The van der Waals surface area contributed by atoms with Gasteiger partial charge in [-0.15, -0.1) is 0 Å². The molecule has 0 bridgehead atoms. The largest absolute Gasteiger partial charge is 0.336 e. The van der Waals surface area contributed by atoms with E-state index in [2.05, 4.69) is 0 Å². The van der Waals surface area contributed by atoms with Gasteiger partial charge in [-0.05, 0) is 6.42 Å². The van der Waals surface area contributed by atoms with Crippen LogP contribution in [0.25, 0.3) is 0 Å². The van der Waals surface area contributed by atoms with E-state index in [4.69, 9.17) is 0 Å². The average molecular weight is 97.1 g/mol. The summed E-state index contributed by atoms with van der Waals surface area (Å²) < 4.78 is 0. The molecule has 38 valence electrons. The van der Waals surface area contributed by atoms with Gasteiger partial charge in [0.15, 0.2) is 0 Å². The molecule has 0 aliphatic carbocycles. The molecule has 1 unspecified atom stereocenters. The smallest absolute Gasteiger partial charge is 0.223 e. The molecule has 2 heteroatoms. The van der Waals surface area contributed by atoms with Crippen molar-refractivity contribution in [3.63, 3.8) is 0 Å². The van der Waals surface area contributed by atoms with Crippen LogP contribution >= 0.6 is 0 Å². The van der Waals surface area contributed by atoms with E-state index in [0.717, 1.165) is 19.4 Å². The number of carbonyl (C=O) groups excluding carboxylic acids is 1. The van der Waals surface area contributed by atoms with Crippen LogP contribution in [0.2, 0.25) is 0 Å². The SMILES string of the molecule is O=C1CCC2CN12. The van der Waals surface area contributed by atoms with Crippen LogP contribution < -0.4 is 0 Å². The fourth-order valence-corrected chi connectivity index (χ4v) is 1.17. The van der Waals surface area contributed by atoms with Crippen LogP contribution in [0.15, 0.2) is 0 Å². The van der Waals surface area contributed by atoms with Crippen molar-refractivity contribution < 1.29 is 4.79 Å². The van der Waals surface area contributed by atoms with Crippen LogP contribution in [0, 0.1) is 0 Å². The van der Waals surface area contributed by atoms with Gasteiger partial charge in [-0.1, -0.05) is 0 Å². The first-order chi connectivity index (χ1) is 3.38. The van der Waals surface area contributed by atoms with Gasteiger partial charge in [-0.25, -0.2) is 0 Å². The van der Waals surface area contributed by atoms with Crippen molar-refractivity contribution in [1.29, 1.82) is 0 Å². The Bertz CT molecular complexity index is 121. The standard InChI is InChI=1S/C5H7NO/c7-5-2-1-4-3-6(4)5/h4H,1-3H2. The lowest BCUT2D eigenvalue weighted by molar-refractivity contribution is -0.124. The first-order valence-corrected chi connectivity index (χ1v) is 2.67. The molecule has 2 rings (SSSR count). The Balaban J connectivity index is 2.21. The molecule has 1 amide bonds. The van der Waals surface area contributed by atoms with Gasteiger partial charge in [0.2, 0.25) is 5.91 Å². The lowest BCUT2D eigenvalue weighted by atomic mass is 10.3. The monoisotopic (exact) mass is 97.1 g/mol. The van der Waals surface area contributed by atoms with Crippen molar-refractivity contribution >= 4 is 5.91 Å². The first-order valence-electron chi connectivity index (χ1n) is 2.67. The molecule has 0 aromatic carbocycles. The van der Waals surface area contributed by atoms with Crippen LogP contribution in [0.3, 0.4) is 0 Å². The lowest BCUT2D eigenvalue weighted by Crippen LogP contribution is -2.02. The number of piperidine rings is 1. The minimum absolute atomic E-state index is 0.366. The molecule has 7 heavy (non-hydrogen) atoms. The Kier molecular flexibility index (Phi) is 0.412. The predicted octanol–water partition coefficient (Wildman–Crippen LogP) is -0.00900. The molecule has 2 fully saturated rings. The molecule has 0 aromatic rings. The van der Waals surface area contributed by atoms with Crippen molar-refractivity contribution in [2.24, 2.45) is 0 Å². The number of rotatable bonds is 0. The molecule has 2 nitrogen and oxygen atoms in total. The number of fused-ring (bicyclic) bond motifs is 1. The zero-order valence-corrected chi connectivity index (χ0v) is 4.05. The van der Waals surface area contributed by atoms with Gasteiger partial charge in [0.1, 0.15) is 0 Å². The van der Waals surface area contributed by atoms with Crippen molar-refractivity contribution in [2.45, 2.75) is 18.9 Å². The number of carbonyl (C=O) groups is 1. The second-order valence-corrected chi connectivity index (χ2v) is 2.24. The van der Waals surface area contributed by atoms with Crippen molar-refractivity contribution in [3.8, 4) is 0 Å². The van der Waals surface area contributed by atoms with E-state index in [1.807, 2.05) is 4.90 Å². The van der Waals surface area contributed by atoms with E-state index in [0.29, 0.717) is 11.9 Å². The van der Waals surface area contributed by atoms with Crippen LogP contribution in [-0.2, 0) is 4.79 Å². The third-order valence-corrected chi connectivity index (χ3v) is 1.73. The average Bonchev–Trinajstić information content (AvgIpc) is 2.33. The molecule has 0 N–H and O–H groups in total. The fourth-order valence-electron chi connectivity index (χ4n) is 1.17. The van der Waals surface area contributed by atoms with Crippen molar-refractivity contribution in [3.05, 3.63) is 0 Å². The van der Waals surface area contributed by atoms with Crippen LogP contribution in [0.5, 0.6) is 0 Å². The Hall–Kier alpha value is -0.530. The summed E-state index contributed by atoms with van der Waals surface area (Å²) in [6.07, 6.45) is 1.93. The molecule has 2 aliphatic rings. The summed E-state index contributed by atoms with van der Waals surface area (Å²) in [5.74, 6) is 0.366. The quantitative estimate of drug-likeness (QED) is 0.389. The van der Waals surface area contributed by atoms with Gasteiger partial charge in [-0.3, -0.25) is 4.79 Å². The Morgan fingerprint density at radius 2 is 2.57 bits per heavy atom. The highest BCUT2D eigenvalue weighted by molar-refractivity contribution is 5.81. The summed E-state index contributed by atoms with van der Waals surface area (Å²) in [5, 5.41) is 0. The highest BCUT2D eigenvalue weighted by Crippen LogP contribution is 2.30. The molecule has 0 aromatic heterocycles. The maximum absolute atomic E-state index is 10.5. The highest BCUT2D eigenvalue weighted by Gasteiger charge is 2.43. The number of amides is 1. The summed E-state index contributed by atoms with van der Waals surface area (Å²) in [5.41, 5.74) is 0. The summed E-state index contributed by atoms with van der Waals surface area (Å²) in [7, 11) is 0. The normalized spacial score (nSPS) is 36.3. The maximum atomic E-state index is 10.5. The van der Waals surface area contributed by atoms with Crippen LogP contribution in [0.4, 0.5) is 0 Å². The molecule has 2 aliphatic heterocycles. The first kappa shape index (κ1) is 3.47. The van der Waals surface area contributed by atoms with E-state index in [-0.39, 0.29) is 0 Å². The van der Waals surface area contributed by atoms with Crippen molar-refractivity contribution in [1.82, 2.24) is 4.90 Å². The minimum atomic E-state index is 0.366. The van der Waals surface area contributed by atoms with E-state index in [1.165, 1.54) is 0 Å². The van der Waals surface area contributed by atoms with E-state index in [1.54, 1.807) is 0 Å². The highest BCUT2D eigenvalue weighted by atomic mass is 16.2. The number of nitrogens with zero attached hydrogens (tertiary/aromatic N) is 1. The molecule has 2 heterocycles. The maximum Gasteiger partial charge on any atom is 0.223 e. The number of hydrogen-bond acceptors (Lipinski definition) is 1. The zero-order valence-electron chi connectivity index (χ0n) is 4.05. The third kappa shape index (κ3) is 0.315. The Labute approximate surface area is 42.1 Å². The van der Waals surface area contributed by atoms with E-state index >= 15 is 0 Å². The minimum Gasteiger partial charge on any atom is -0.336 e. The molecular formula is C5H7NO. The Morgan fingerprint density at radius 1 is 1.71 bits per heavy atom. The molecular weight excluding hydrogens is 90.1 g/mol. The summed E-state index contributed by atoms with van der Waals surface area (Å²) >= 11 is 0.